The van der Waals surface area contributed by atoms with Crippen LogP contribution in [0, 0.1) is 0 Å². The molecule has 0 saturated carbocycles. The Morgan fingerprint density at radius 1 is 1.10 bits per heavy atom. The van der Waals surface area contributed by atoms with Gasteiger partial charge in [0.15, 0.2) is 0 Å². The third-order valence-corrected chi connectivity index (χ3v) is 4.19. The SMILES string of the molecule is CCOc1ccc2ccccc2c1CCN1CCNCC1. The second-order valence-corrected chi connectivity index (χ2v) is 5.54. The molecule has 0 radical (unpaired) electrons. The summed E-state index contributed by atoms with van der Waals surface area (Å²) in [6, 6.07) is 12.9. The molecule has 3 heteroatoms. The lowest BCUT2D eigenvalue weighted by molar-refractivity contribution is 0.242. The van der Waals surface area contributed by atoms with Crippen LogP contribution in [0.5, 0.6) is 5.75 Å². The lowest BCUT2D eigenvalue weighted by Crippen LogP contribution is -2.44. The number of ether oxygens (including phenoxy) is 1. The first-order valence-electron chi connectivity index (χ1n) is 7.95. The van der Waals surface area contributed by atoms with Gasteiger partial charge in [0.25, 0.3) is 0 Å². The lowest BCUT2D eigenvalue weighted by Gasteiger charge is -2.27. The summed E-state index contributed by atoms with van der Waals surface area (Å²) in [7, 11) is 0. The average Bonchev–Trinajstić information content (AvgIpc) is 2.55. The molecule has 3 nitrogen and oxygen atoms in total. The molecule has 0 unspecified atom stereocenters. The molecular weight excluding hydrogens is 260 g/mol. The minimum Gasteiger partial charge on any atom is -0.494 e. The first-order valence-corrected chi connectivity index (χ1v) is 7.95. The van der Waals surface area contributed by atoms with Gasteiger partial charge in [0.1, 0.15) is 5.75 Å². The van der Waals surface area contributed by atoms with E-state index in [-0.39, 0.29) is 0 Å². The van der Waals surface area contributed by atoms with Crippen molar-refractivity contribution in [3.05, 3.63) is 42.0 Å². The van der Waals surface area contributed by atoms with Gasteiger partial charge in [0, 0.05) is 38.3 Å². The smallest absolute Gasteiger partial charge is 0.123 e. The molecule has 1 fully saturated rings. The topological polar surface area (TPSA) is 24.5 Å². The summed E-state index contributed by atoms with van der Waals surface area (Å²) in [5.74, 6) is 1.05. The fraction of sp³-hybridized carbons (Fsp3) is 0.444. The van der Waals surface area contributed by atoms with Crippen LogP contribution in [0.3, 0.4) is 0 Å². The molecule has 0 aromatic heterocycles. The van der Waals surface area contributed by atoms with Gasteiger partial charge in [-0.25, -0.2) is 0 Å². The van der Waals surface area contributed by atoms with Crippen LogP contribution in [0.25, 0.3) is 10.8 Å². The Morgan fingerprint density at radius 3 is 2.71 bits per heavy atom. The van der Waals surface area contributed by atoms with Crippen molar-refractivity contribution in [2.45, 2.75) is 13.3 Å². The van der Waals surface area contributed by atoms with Crippen molar-refractivity contribution in [2.75, 3.05) is 39.3 Å². The van der Waals surface area contributed by atoms with E-state index in [9.17, 15) is 0 Å². The third-order valence-electron chi connectivity index (χ3n) is 4.19. The highest BCUT2D eigenvalue weighted by molar-refractivity contribution is 5.87. The van der Waals surface area contributed by atoms with E-state index in [1.807, 2.05) is 0 Å². The molecular formula is C18H24N2O. The highest BCUT2D eigenvalue weighted by Gasteiger charge is 2.13. The number of piperazine rings is 1. The van der Waals surface area contributed by atoms with Crippen LogP contribution < -0.4 is 10.1 Å². The quantitative estimate of drug-likeness (QED) is 0.913. The van der Waals surface area contributed by atoms with Gasteiger partial charge in [-0.3, -0.25) is 0 Å². The highest BCUT2D eigenvalue weighted by Crippen LogP contribution is 2.28. The van der Waals surface area contributed by atoms with Gasteiger partial charge in [-0.1, -0.05) is 30.3 Å². The summed E-state index contributed by atoms with van der Waals surface area (Å²) >= 11 is 0. The molecule has 1 saturated heterocycles. The molecule has 0 aliphatic carbocycles. The third kappa shape index (κ3) is 3.36. The van der Waals surface area contributed by atoms with Crippen LogP contribution in [0.15, 0.2) is 36.4 Å². The molecule has 3 rings (SSSR count). The highest BCUT2D eigenvalue weighted by atomic mass is 16.5. The van der Waals surface area contributed by atoms with Crippen molar-refractivity contribution in [1.82, 2.24) is 10.2 Å². The molecule has 2 aromatic carbocycles. The van der Waals surface area contributed by atoms with E-state index in [2.05, 4.69) is 53.5 Å². The van der Waals surface area contributed by atoms with Crippen molar-refractivity contribution in [3.8, 4) is 5.75 Å². The summed E-state index contributed by atoms with van der Waals surface area (Å²) in [5.41, 5.74) is 1.36. The zero-order valence-corrected chi connectivity index (χ0v) is 12.8. The molecule has 1 aliphatic heterocycles. The predicted octanol–water partition coefficient (Wildman–Crippen LogP) is 2.69. The van der Waals surface area contributed by atoms with E-state index < -0.39 is 0 Å². The van der Waals surface area contributed by atoms with Crippen molar-refractivity contribution < 1.29 is 4.74 Å². The fourth-order valence-corrected chi connectivity index (χ4v) is 3.07. The summed E-state index contributed by atoms with van der Waals surface area (Å²) in [4.78, 5) is 2.54. The number of hydrogen-bond donors (Lipinski definition) is 1. The molecule has 0 bridgehead atoms. The van der Waals surface area contributed by atoms with Crippen LogP contribution >= 0.6 is 0 Å². The van der Waals surface area contributed by atoms with E-state index in [4.69, 9.17) is 4.74 Å². The first-order chi connectivity index (χ1) is 10.4. The van der Waals surface area contributed by atoms with E-state index in [0.29, 0.717) is 0 Å². The van der Waals surface area contributed by atoms with Crippen molar-refractivity contribution in [2.24, 2.45) is 0 Å². The Labute approximate surface area is 126 Å². The van der Waals surface area contributed by atoms with Crippen molar-refractivity contribution in [3.63, 3.8) is 0 Å². The van der Waals surface area contributed by atoms with Crippen LogP contribution in [-0.4, -0.2) is 44.2 Å². The van der Waals surface area contributed by atoms with E-state index in [0.717, 1.165) is 51.5 Å². The van der Waals surface area contributed by atoms with Crippen molar-refractivity contribution in [1.29, 1.82) is 0 Å². The molecule has 1 aliphatic rings. The zero-order valence-electron chi connectivity index (χ0n) is 12.8. The Balaban J connectivity index is 1.84. The second-order valence-electron chi connectivity index (χ2n) is 5.54. The maximum Gasteiger partial charge on any atom is 0.123 e. The number of nitrogens with zero attached hydrogens (tertiary/aromatic N) is 1. The molecule has 0 amide bonds. The van der Waals surface area contributed by atoms with Gasteiger partial charge in [-0.05, 0) is 30.2 Å². The zero-order chi connectivity index (χ0) is 14.5. The maximum atomic E-state index is 5.85. The number of benzene rings is 2. The monoisotopic (exact) mass is 284 g/mol. The van der Waals surface area contributed by atoms with Crippen LogP contribution in [0.4, 0.5) is 0 Å². The van der Waals surface area contributed by atoms with Gasteiger partial charge in [-0.15, -0.1) is 0 Å². The Bertz CT molecular complexity index is 591. The van der Waals surface area contributed by atoms with Crippen LogP contribution in [0.1, 0.15) is 12.5 Å². The predicted molar refractivity (Wildman–Crippen MR) is 88.1 cm³/mol. The molecule has 1 heterocycles. The normalized spacial score (nSPS) is 16.2. The number of hydrogen-bond acceptors (Lipinski definition) is 3. The number of nitrogens with one attached hydrogen (secondary N) is 1. The Morgan fingerprint density at radius 2 is 1.90 bits per heavy atom. The summed E-state index contributed by atoms with van der Waals surface area (Å²) in [6.07, 6.45) is 1.05. The fourth-order valence-electron chi connectivity index (χ4n) is 3.07. The van der Waals surface area contributed by atoms with Gasteiger partial charge in [0.05, 0.1) is 6.61 Å². The van der Waals surface area contributed by atoms with Crippen LogP contribution in [-0.2, 0) is 6.42 Å². The minimum absolute atomic E-state index is 0.721. The Kier molecular flexibility index (Phi) is 4.73. The van der Waals surface area contributed by atoms with E-state index >= 15 is 0 Å². The van der Waals surface area contributed by atoms with Gasteiger partial charge < -0.3 is 15.0 Å². The standard InChI is InChI=1S/C18H24N2O/c1-2-21-18-8-7-15-5-3-4-6-16(15)17(18)9-12-20-13-10-19-11-14-20/h3-8,19H,2,9-14H2,1H3. The molecule has 0 spiro atoms. The van der Waals surface area contributed by atoms with Gasteiger partial charge >= 0.3 is 0 Å². The van der Waals surface area contributed by atoms with E-state index in [1.54, 1.807) is 0 Å². The molecule has 21 heavy (non-hydrogen) atoms. The van der Waals surface area contributed by atoms with E-state index in [1.165, 1.54) is 16.3 Å². The summed E-state index contributed by atoms with van der Waals surface area (Å²) in [6.45, 7) is 8.38. The van der Waals surface area contributed by atoms with Gasteiger partial charge in [0.2, 0.25) is 0 Å². The largest absolute Gasteiger partial charge is 0.494 e. The lowest BCUT2D eigenvalue weighted by atomic mass is 10.0. The average molecular weight is 284 g/mol. The number of fused-ring (bicyclic) bond motifs is 1. The Hall–Kier alpha value is -1.58. The molecule has 1 N–H and O–H groups in total. The summed E-state index contributed by atoms with van der Waals surface area (Å²) in [5, 5.41) is 6.04. The summed E-state index contributed by atoms with van der Waals surface area (Å²) < 4.78 is 5.85. The molecule has 2 aromatic rings. The maximum absolute atomic E-state index is 5.85. The number of rotatable bonds is 5. The first kappa shape index (κ1) is 14.4. The van der Waals surface area contributed by atoms with Gasteiger partial charge in [-0.2, -0.15) is 0 Å². The van der Waals surface area contributed by atoms with Crippen LogP contribution in [0.2, 0.25) is 0 Å². The molecule has 0 atom stereocenters. The molecule has 112 valence electrons. The second kappa shape index (κ2) is 6.92. The van der Waals surface area contributed by atoms with Crippen molar-refractivity contribution >= 4 is 10.8 Å². The minimum atomic E-state index is 0.721.